The van der Waals surface area contributed by atoms with Crippen LogP contribution in [0, 0.1) is 0 Å². The van der Waals surface area contributed by atoms with Gasteiger partial charge in [-0.3, -0.25) is 0 Å². The summed E-state index contributed by atoms with van der Waals surface area (Å²) in [4.78, 5) is 21.3. The number of carboxylic acid groups (broad SMARTS) is 1. The van der Waals surface area contributed by atoms with Crippen molar-refractivity contribution in [3.05, 3.63) is 18.0 Å². The first kappa shape index (κ1) is 13.7. The van der Waals surface area contributed by atoms with Gasteiger partial charge in [-0.2, -0.15) is 0 Å². The summed E-state index contributed by atoms with van der Waals surface area (Å²) in [5.74, 6) is -0.614. The number of likely N-dealkylation sites (tertiary alicyclic amines) is 1. The second kappa shape index (κ2) is 6.47. The third-order valence-corrected chi connectivity index (χ3v) is 3.34. The van der Waals surface area contributed by atoms with E-state index >= 15 is 0 Å². The quantitative estimate of drug-likeness (QED) is 0.838. The number of aromatic carboxylic acids is 1. The summed E-state index contributed by atoms with van der Waals surface area (Å²) in [6.45, 7) is 5.49. The van der Waals surface area contributed by atoms with Gasteiger partial charge in [-0.1, -0.05) is 6.92 Å². The number of nitrogens with zero attached hydrogens (tertiary/aromatic N) is 3. The molecule has 2 rings (SSSR count). The van der Waals surface area contributed by atoms with Crippen LogP contribution in [0.2, 0.25) is 0 Å². The lowest BCUT2D eigenvalue weighted by Gasteiger charge is -2.32. The van der Waals surface area contributed by atoms with Crippen LogP contribution in [-0.2, 0) is 0 Å². The molecule has 1 saturated heterocycles. The number of piperidine rings is 1. The highest BCUT2D eigenvalue weighted by atomic mass is 16.4. The second-order valence-corrected chi connectivity index (χ2v) is 4.83. The largest absolute Gasteiger partial charge is 0.477 e. The molecule has 0 spiro atoms. The van der Waals surface area contributed by atoms with E-state index in [1.54, 1.807) is 0 Å². The van der Waals surface area contributed by atoms with E-state index in [0.29, 0.717) is 12.0 Å². The van der Waals surface area contributed by atoms with Gasteiger partial charge in [-0.15, -0.1) is 0 Å². The molecule has 0 aliphatic carbocycles. The number of aromatic nitrogens is 2. The van der Waals surface area contributed by atoms with Crippen LogP contribution in [0.1, 0.15) is 36.7 Å². The molecule has 1 aromatic heterocycles. The van der Waals surface area contributed by atoms with Crippen LogP contribution in [0.15, 0.2) is 12.3 Å². The maximum Gasteiger partial charge on any atom is 0.354 e. The molecule has 1 fully saturated rings. The van der Waals surface area contributed by atoms with Crippen molar-refractivity contribution >= 4 is 11.9 Å². The Balaban J connectivity index is 1.88. The summed E-state index contributed by atoms with van der Waals surface area (Å²) < 4.78 is 0. The fourth-order valence-electron chi connectivity index (χ4n) is 2.35. The van der Waals surface area contributed by atoms with Gasteiger partial charge < -0.3 is 15.3 Å². The number of hydrogen-bond donors (Lipinski definition) is 2. The minimum Gasteiger partial charge on any atom is -0.477 e. The highest BCUT2D eigenvalue weighted by Gasteiger charge is 2.19. The molecule has 0 radical (unpaired) electrons. The number of anilines is 1. The Kier molecular flexibility index (Phi) is 4.68. The van der Waals surface area contributed by atoms with Crippen LogP contribution in [0.3, 0.4) is 0 Å². The summed E-state index contributed by atoms with van der Waals surface area (Å²) >= 11 is 0. The van der Waals surface area contributed by atoms with E-state index in [4.69, 9.17) is 5.11 Å². The molecule has 6 nitrogen and oxygen atoms in total. The fourth-order valence-corrected chi connectivity index (χ4v) is 2.35. The standard InChI is InChI=1S/C13H20N4O2/c1-2-7-17-8-4-10(5-9-17)15-13-14-6-3-11(16-13)12(18)19/h3,6,10H,2,4-5,7-9H2,1H3,(H,18,19)(H,14,15,16). The zero-order valence-corrected chi connectivity index (χ0v) is 11.2. The molecule has 0 unspecified atom stereocenters. The third-order valence-electron chi connectivity index (χ3n) is 3.34. The van der Waals surface area contributed by atoms with Crippen molar-refractivity contribution in [1.82, 2.24) is 14.9 Å². The first-order valence-corrected chi connectivity index (χ1v) is 6.74. The van der Waals surface area contributed by atoms with E-state index in [9.17, 15) is 4.79 Å². The van der Waals surface area contributed by atoms with E-state index < -0.39 is 5.97 Å². The van der Waals surface area contributed by atoms with Crippen molar-refractivity contribution in [2.45, 2.75) is 32.2 Å². The van der Waals surface area contributed by atoms with Crippen molar-refractivity contribution in [1.29, 1.82) is 0 Å². The molecule has 2 heterocycles. The van der Waals surface area contributed by atoms with Crippen LogP contribution >= 0.6 is 0 Å². The Morgan fingerprint density at radius 1 is 1.53 bits per heavy atom. The Hall–Kier alpha value is -1.69. The molecular formula is C13H20N4O2. The predicted octanol–water partition coefficient (Wildman–Crippen LogP) is 1.46. The van der Waals surface area contributed by atoms with Crippen molar-refractivity contribution in [3.8, 4) is 0 Å². The number of carbonyl (C=O) groups is 1. The van der Waals surface area contributed by atoms with Gasteiger partial charge in [0.25, 0.3) is 0 Å². The predicted molar refractivity (Wildman–Crippen MR) is 72.4 cm³/mol. The summed E-state index contributed by atoms with van der Waals surface area (Å²) in [5.41, 5.74) is 0.0286. The van der Waals surface area contributed by atoms with Crippen molar-refractivity contribution in [2.75, 3.05) is 25.0 Å². The van der Waals surface area contributed by atoms with Gasteiger partial charge in [0.15, 0.2) is 5.69 Å². The minimum absolute atomic E-state index is 0.0286. The van der Waals surface area contributed by atoms with Gasteiger partial charge in [-0.25, -0.2) is 14.8 Å². The molecule has 0 saturated carbocycles. The molecule has 104 valence electrons. The number of carboxylic acids is 1. The average Bonchev–Trinajstić information content (AvgIpc) is 2.42. The van der Waals surface area contributed by atoms with Gasteiger partial charge >= 0.3 is 5.97 Å². The van der Waals surface area contributed by atoms with Crippen LogP contribution in [0.25, 0.3) is 0 Å². The molecule has 0 amide bonds. The molecular weight excluding hydrogens is 244 g/mol. The normalized spacial score (nSPS) is 17.3. The zero-order valence-electron chi connectivity index (χ0n) is 11.2. The lowest BCUT2D eigenvalue weighted by molar-refractivity contribution is 0.0690. The molecule has 0 atom stereocenters. The summed E-state index contributed by atoms with van der Waals surface area (Å²) in [7, 11) is 0. The topological polar surface area (TPSA) is 78.4 Å². The van der Waals surface area contributed by atoms with E-state index in [1.165, 1.54) is 18.7 Å². The Morgan fingerprint density at radius 3 is 2.89 bits per heavy atom. The Labute approximate surface area is 112 Å². The number of nitrogens with one attached hydrogen (secondary N) is 1. The van der Waals surface area contributed by atoms with Gasteiger partial charge in [0, 0.05) is 25.3 Å². The zero-order chi connectivity index (χ0) is 13.7. The van der Waals surface area contributed by atoms with Gasteiger partial charge in [0.05, 0.1) is 0 Å². The molecule has 19 heavy (non-hydrogen) atoms. The maximum absolute atomic E-state index is 10.8. The van der Waals surface area contributed by atoms with Crippen molar-refractivity contribution in [2.24, 2.45) is 0 Å². The highest BCUT2D eigenvalue weighted by Crippen LogP contribution is 2.14. The monoisotopic (exact) mass is 264 g/mol. The van der Waals surface area contributed by atoms with E-state index in [0.717, 1.165) is 32.5 Å². The third kappa shape index (κ3) is 3.89. The summed E-state index contributed by atoms with van der Waals surface area (Å²) in [6, 6.07) is 1.73. The lowest BCUT2D eigenvalue weighted by Crippen LogP contribution is -2.39. The fraction of sp³-hybridized carbons (Fsp3) is 0.615. The van der Waals surface area contributed by atoms with Crippen molar-refractivity contribution < 1.29 is 9.90 Å². The van der Waals surface area contributed by atoms with E-state index in [-0.39, 0.29) is 5.69 Å². The van der Waals surface area contributed by atoms with Gasteiger partial charge in [0.1, 0.15) is 0 Å². The molecule has 2 N–H and O–H groups in total. The smallest absolute Gasteiger partial charge is 0.354 e. The molecule has 1 aromatic rings. The SMILES string of the molecule is CCCN1CCC(Nc2nccc(C(=O)O)n2)CC1. The highest BCUT2D eigenvalue weighted by molar-refractivity contribution is 5.85. The molecule has 1 aliphatic rings. The minimum atomic E-state index is -1.02. The van der Waals surface area contributed by atoms with Crippen molar-refractivity contribution in [3.63, 3.8) is 0 Å². The van der Waals surface area contributed by atoms with Gasteiger partial charge in [-0.05, 0) is 31.9 Å². The second-order valence-electron chi connectivity index (χ2n) is 4.83. The van der Waals surface area contributed by atoms with Crippen LogP contribution in [0.5, 0.6) is 0 Å². The molecule has 1 aliphatic heterocycles. The first-order chi connectivity index (χ1) is 9.19. The van der Waals surface area contributed by atoms with E-state index in [1.807, 2.05) is 0 Å². The number of rotatable bonds is 5. The van der Waals surface area contributed by atoms with Crippen LogP contribution in [-0.4, -0.2) is 51.6 Å². The van der Waals surface area contributed by atoms with Gasteiger partial charge in [0.2, 0.25) is 5.95 Å². The van der Waals surface area contributed by atoms with Crippen LogP contribution < -0.4 is 5.32 Å². The summed E-state index contributed by atoms with van der Waals surface area (Å²) in [6.07, 6.45) is 4.74. The lowest BCUT2D eigenvalue weighted by atomic mass is 10.1. The summed E-state index contributed by atoms with van der Waals surface area (Å²) in [5, 5.41) is 12.1. The maximum atomic E-state index is 10.8. The van der Waals surface area contributed by atoms with E-state index in [2.05, 4.69) is 27.1 Å². The average molecular weight is 264 g/mol. The molecule has 0 aromatic carbocycles. The molecule has 6 heteroatoms. The van der Waals surface area contributed by atoms with Crippen LogP contribution in [0.4, 0.5) is 5.95 Å². The Morgan fingerprint density at radius 2 is 2.26 bits per heavy atom. The Bertz CT molecular complexity index is 430. The first-order valence-electron chi connectivity index (χ1n) is 6.74. The molecule has 0 bridgehead atoms. The number of hydrogen-bond acceptors (Lipinski definition) is 5.